The van der Waals surface area contributed by atoms with Gasteiger partial charge in [0.1, 0.15) is 0 Å². The van der Waals surface area contributed by atoms with Crippen molar-refractivity contribution in [1.29, 1.82) is 0 Å². The molecule has 0 saturated heterocycles. The second kappa shape index (κ2) is 8.34. The van der Waals surface area contributed by atoms with Crippen LogP contribution in [0.15, 0.2) is 10.2 Å². The van der Waals surface area contributed by atoms with Crippen LogP contribution in [0.5, 0.6) is 0 Å². The van der Waals surface area contributed by atoms with Gasteiger partial charge in [-0.25, -0.2) is 9.59 Å². The maximum atomic E-state index is 10.8. The van der Waals surface area contributed by atoms with Crippen LogP contribution in [-0.4, -0.2) is 24.4 Å². The highest BCUT2D eigenvalue weighted by Crippen LogP contribution is 1.96. The number of carbonyl (C=O) groups excluding carboxylic acids is 2. The van der Waals surface area contributed by atoms with Gasteiger partial charge in [-0.3, -0.25) is 0 Å². The van der Waals surface area contributed by atoms with E-state index in [0.29, 0.717) is 0 Å². The summed E-state index contributed by atoms with van der Waals surface area (Å²) in [6, 6.07) is 0. The number of amides is 2. The number of halogens is 1. The molecule has 0 aliphatic carbocycles. The Balaban J connectivity index is 0. The van der Waals surface area contributed by atoms with Crippen LogP contribution in [-0.2, 0) is 9.47 Å². The Labute approximate surface area is 98.8 Å². The van der Waals surface area contributed by atoms with Gasteiger partial charge < -0.3 is 9.47 Å². The molecule has 88 valence electrons. The summed E-state index contributed by atoms with van der Waals surface area (Å²) in [5, 5.41) is 6.01. The first-order chi connectivity index (χ1) is 6.41. The third-order valence-electron chi connectivity index (χ3n) is 0.886. The fourth-order valence-corrected chi connectivity index (χ4v) is 0.532. The molecule has 0 aliphatic heterocycles. The lowest BCUT2D eigenvalue weighted by molar-refractivity contribution is 0.115. The monoisotopic (exact) mass is 282 g/mol. The summed E-state index contributed by atoms with van der Waals surface area (Å²) in [6.07, 6.45) is -2.38. The van der Waals surface area contributed by atoms with E-state index in [2.05, 4.69) is 19.7 Å². The molecule has 2 amide bonds. The van der Waals surface area contributed by atoms with Gasteiger partial charge in [-0.2, -0.15) is 0 Å². The second-order valence-electron chi connectivity index (χ2n) is 3.07. The summed E-state index contributed by atoms with van der Waals surface area (Å²) < 4.78 is 9.20. The zero-order valence-corrected chi connectivity index (χ0v) is 10.8. The first-order valence-corrected chi connectivity index (χ1v) is 4.24. The van der Waals surface area contributed by atoms with Gasteiger partial charge in [0, 0.05) is 0 Å². The van der Waals surface area contributed by atoms with Gasteiger partial charge in [0.25, 0.3) is 0 Å². The molecular formula is C8H15BrN2O4. The summed E-state index contributed by atoms with van der Waals surface area (Å²) in [6.45, 7) is 6.67. The Kier molecular flexibility index (Phi) is 9.14. The van der Waals surface area contributed by atoms with Crippen LogP contribution in [0.2, 0.25) is 0 Å². The van der Waals surface area contributed by atoms with E-state index in [4.69, 9.17) is 0 Å². The molecule has 6 nitrogen and oxygen atoms in total. The van der Waals surface area contributed by atoms with Crippen molar-refractivity contribution in [2.24, 2.45) is 10.2 Å². The van der Waals surface area contributed by atoms with E-state index < -0.39 is 12.2 Å². The van der Waals surface area contributed by atoms with Crippen LogP contribution in [0.4, 0.5) is 9.59 Å². The molecule has 0 unspecified atom stereocenters. The Morgan fingerprint density at radius 3 is 1.33 bits per heavy atom. The summed E-state index contributed by atoms with van der Waals surface area (Å²) in [5.41, 5.74) is 0. The Bertz CT molecular complexity index is 217. The van der Waals surface area contributed by atoms with Gasteiger partial charge in [-0.1, -0.05) is 10.2 Å². The summed E-state index contributed by atoms with van der Waals surface area (Å²) in [7, 11) is 0. The molecule has 0 heterocycles. The lowest BCUT2D eigenvalue weighted by Gasteiger charge is -2.03. The summed E-state index contributed by atoms with van der Waals surface area (Å²) >= 11 is 0. The van der Waals surface area contributed by atoms with Gasteiger partial charge in [-0.15, -0.1) is 17.0 Å². The average Bonchev–Trinajstić information content (AvgIpc) is 1.98. The Morgan fingerprint density at radius 2 is 1.13 bits per heavy atom. The molecule has 0 saturated carbocycles. The molecule has 0 bridgehead atoms. The van der Waals surface area contributed by atoms with E-state index in [1.807, 2.05) is 0 Å². The molecule has 0 spiro atoms. The maximum absolute atomic E-state index is 10.8. The van der Waals surface area contributed by atoms with Crippen molar-refractivity contribution in [2.45, 2.75) is 39.9 Å². The first-order valence-electron chi connectivity index (χ1n) is 4.24. The molecular weight excluding hydrogens is 268 g/mol. The van der Waals surface area contributed by atoms with Crippen molar-refractivity contribution in [3.05, 3.63) is 0 Å². The highest BCUT2D eigenvalue weighted by Gasteiger charge is 2.06. The van der Waals surface area contributed by atoms with E-state index in [1.54, 1.807) is 27.7 Å². The quantitative estimate of drug-likeness (QED) is 0.729. The SMILES string of the molecule is Br.CC(C)OC(=O)N=NC(=O)OC(C)C. The number of ether oxygens (including phenoxy) is 2. The second-order valence-corrected chi connectivity index (χ2v) is 3.07. The first kappa shape index (κ1) is 16.4. The van der Waals surface area contributed by atoms with Gasteiger partial charge in [-0.05, 0) is 27.7 Å². The van der Waals surface area contributed by atoms with E-state index >= 15 is 0 Å². The van der Waals surface area contributed by atoms with Gasteiger partial charge in [0.2, 0.25) is 0 Å². The molecule has 0 aromatic rings. The van der Waals surface area contributed by atoms with Gasteiger partial charge >= 0.3 is 12.2 Å². The van der Waals surface area contributed by atoms with Crippen LogP contribution in [0.1, 0.15) is 27.7 Å². The highest BCUT2D eigenvalue weighted by molar-refractivity contribution is 8.93. The number of carbonyl (C=O) groups is 2. The van der Waals surface area contributed by atoms with Crippen molar-refractivity contribution >= 4 is 29.2 Å². The normalized spacial score (nSPS) is 10.3. The topological polar surface area (TPSA) is 77.3 Å². The molecule has 0 N–H and O–H groups in total. The number of hydrogen-bond acceptors (Lipinski definition) is 4. The van der Waals surface area contributed by atoms with Crippen LogP contribution in [0.3, 0.4) is 0 Å². The van der Waals surface area contributed by atoms with Crippen molar-refractivity contribution in [3.8, 4) is 0 Å². The minimum Gasteiger partial charge on any atom is -0.444 e. The van der Waals surface area contributed by atoms with E-state index in [0.717, 1.165) is 0 Å². The minimum absolute atomic E-state index is 0. The molecule has 0 fully saturated rings. The Hall–Kier alpha value is -0.980. The van der Waals surface area contributed by atoms with Crippen LogP contribution < -0.4 is 0 Å². The van der Waals surface area contributed by atoms with Crippen LogP contribution in [0, 0.1) is 0 Å². The third kappa shape index (κ3) is 10.9. The number of rotatable bonds is 2. The largest absolute Gasteiger partial charge is 0.452 e. The fourth-order valence-electron chi connectivity index (χ4n) is 0.532. The summed E-state index contributed by atoms with van der Waals surface area (Å²) in [5.74, 6) is 0. The Morgan fingerprint density at radius 1 is 0.867 bits per heavy atom. The molecule has 0 rings (SSSR count). The number of azo groups is 1. The zero-order chi connectivity index (χ0) is 11.1. The molecule has 0 radical (unpaired) electrons. The smallest absolute Gasteiger partial charge is 0.444 e. The fraction of sp³-hybridized carbons (Fsp3) is 0.750. The molecule has 0 aliphatic rings. The van der Waals surface area contributed by atoms with E-state index in [-0.39, 0.29) is 29.2 Å². The van der Waals surface area contributed by atoms with Crippen molar-refractivity contribution in [2.75, 3.05) is 0 Å². The van der Waals surface area contributed by atoms with Crippen LogP contribution >= 0.6 is 17.0 Å². The van der Waals surface area contributed by atoms with Crippen molar-refractivity contribution in [1.82, 2.24) is 0 Å². The van der Waals surface area contributed by atoms with Gasteiger partial charge in [0.15, 0.2) is 0 Å². The predicted molar refractivity (Wildman–Crippen MR) is 58.4 cm³/mol. The summed E-state index contributed by atoms with van der Waals surface area (Å²) in [4.78, 5) is 21.5. The zero-order valence-electron chi connectivity index (χ0n) is 9.09. The number of nitrogens with zero attached hydrogens (tertiary/aromatic N) is 2. The third-order valence-corrected chi connectivity index (χ3v) is 0.886. The van der Waals surface area contributed by atoms with E-state index in [9.17, 15) is 9.59 Å². The van der Waals surface area contributed by atoms with Crippen molar-refractivity contribution < 1.29 is 19.1 Å². The van der Waals surface area contributed by atoms with Crippen molar-refractivity contribution in [3.63, 3.8) is 0 Å². The molecule has 0 aromatic carbocycles. The molecule has 0 aromatic heterocycles. The standard InChI is InChI=1S/C8H14N2O4.BrH/c1-5(2)13-7(11)9-10-8(12)14-6(3)4;/h5-6H,1-4H3;1H. The predicted octanol–water partition coefficient (Wildman–Crippen LogP) is 3.11. The molecule has 7 heteroatoms. The molecule has 15 heavy (non-hydrogen) atoms. The van der Waals surface area contributed by atoms with E-state index in [1.165, 1.54) is 0 Å². The number of hydrogen-bond donors (Lipinski definition) is 0. The maximum Gasteiger partial charge on any atom is 0.452 e. The lowest BCUT2D eigenvalue weighted by atomic mass is 10.5. The highest BCUT2D eigenvalue weighted by atomic mass is 79.9. The molecule has 0 atom stereocenters. The van der Waals surface area contributed by atoms with Crippen LogP contribution in [0.25, 0.3) is 0 Å². The van der Waals surface area contributed by atoms with Gasteiger partial charge in [0.05, 0.1) is 12.2 Å². The average molecular weight is 283 g/mol. The lowest BCUT2D eigenvalue weighted by Crippen LogP contribution is -2.09. The minimum atomic E-state index is -0.902.